The lowest BCUT2D eigenvalue weighted by Gasteiger charge is -2.22. The van der Waals surface area contributed by atoms with Gasteiger partial charge in [-0.15, -0.1) is 0 Å². The van der Waals surface area contributed by atoms with E-state index in [0.717, 1.165) is 0 Å². The number of phenols is 1. The molecule has 0 aliphatic carbocycles. The van der Waals surface area contributed by atoms with Crippen molar-refractivity contribution in [2.75, 3.05) is 5.75 Å². The number of aliphatic hydroxyl groups excluding tert-OH is 1. The number of phenolic OH excluding ortho intramolecular Hbond substituents is 1. The van der Waals surface area contributed by atoms with Crippen molar-refractivity contribution in [2.45, 2.75) is 18.2 Å². The molecule has 0 amide bonds. The van der Waals surface area contributed by atoms with Crippen LogP contribution in [0.1, 0.15) is 23.1 Å². The molecule has 0 saturated carbocycles. The Labute approximate surface area is 141 Å². The molecule has 2 N–H and O–H groups in total. The van der Waals surface area contributed by atoms with Crippen LogP contribution in [-0.4, -0.2) is 27.3 Å². The second-order valence-corrected chi connectivity index (χ2v) is 6.13. The van der Waals surface area contributed by atoms with Crippen LogP contribution in [0, 0.1) is 0 Å². The van der Waals surface area contributed by atoms with Crippen LogP contribution < -0.4 is 0 Å². The number of carbonyl (C=O) groups excluding carboxylic acids is 1. The zero-order valence-corrected chi connectivity index (χ0v) is 13.2. The molecule has 0 saturated heterocycles. The molecular weight excluding hydrogens is 341 g/mol. The van der Waals surface area contributed by atoms with E-state index >= 15 is 0 Å². The maximum absolute atomic E-state index is 12.4. The van der Waals surface area contributed by atoms with Crippen molar-refractivity contribution in [3.63, 3.8) is 0 Å². The molecule has 0 unspecified atom stereocenters. The zero-order chi connectivity index (χ0) is 17.7. The molecule has 3 nitrogen and oxygen atoms in total. The van der Waals surface area contributed by atoms with Crippen LogP contribution in [0.2, 0.25) is 0 Å². The summed E-state index contributed by atoms with van der Waals surface area (Å²) >= 11 is 0.127. The summed E-state index contributed by atoms with van der Waals surface area (Å²) in [6.07, 6.45) is -5.76. The van der Waals surface area contributed by atoms with E-state index in [2.05, 4.69) is 0 Å². The number of alkyl halides is 3. The molecule has 128 valence electrons. The van der Waals surface area contributed by atoms with Gasteiger partial charge in [0.25, 0.3) is 0 Å². The topological polar surface area (TPSA) is 57.5 Å². The number of rotatable bonds is 5. The van der Waals surface area contributed by atoms with Crippen LogP contribution in [-0.2, 0) is 4.79 Å². The largest absolute Gasteiger partial charge is 0.508 e. The van der Waals surface area contributed by atoms with Crippen molar-refractivity contribution in [3.8, 4) is 5.75 Å². The van der Waals surface area contributed by atoms with Gasteiger partial charge in [0.1, 0.15) is 5.75 Å². The first-order chi connectivity index (χ1) is 11.3. The Morgan fingerprint density at radius 2 is 1.58 bits per heavy atom. The molecule has 2 aromatic rings. The Hall–Kier alpha value is -1.99. The molecule has 7 heteroatoms. The van der Waals surface area contributed by atoms with Crippen LogP contribution in [0.4, 0.5) is 13.2 Å². The van der Waals surface area contributed by atoms with Crippen LogP contribution in [0.3, 0.4) is 0 Å². The van der Waals surface area contributed by atoms with Crippen LogP contribution in [0.15, 0.2) is 54.6 Å². The average molecular weight is 356 g/mol. The van der Waals surface area contributed by atoms with Crippen molar-refractivity contribution in [1.29, 1.82) is 0 Å². The van der Waals surface area contributed by atoms with Gasteiger partial charge in [0.2, 0.25) is 0 Å². The molecule has 2 aromatic carbocycles. The van der Waals surface area contributed by atoms with Gasteiger partial charge in [-0.25, -0.2) is 0 Å². The number of carbonyl (C=O) groups is 1. The lowest BCUT2D eigenvalue weighted by molar-refractivity contribution is -0.116. The summed E-state index contributed by atoms with van der Waals surface area (Å²) in [5.74, 6) is -2.52. The summed E-state index contributed by atoms with van der Waals surface area (Å²) in [7, 11) is 0. The van der Waals surface area contributed by atoms with E-state index in [1.807, 2.05) is 0 Å². The molecule has 0 heterocycles. The third-order valence-corrected chi connectivity index (χ3v) is 4.35. The Morgan fingerprint density at radius 3 is 2.12 bits per heavy atom. The monoisotopic (exact) mass is 356 g/mol. The summed E-state index contributed by atoms with van der Waals surface area (Å²) in [6, 6.07) is 13.7. The molecule has 0 radical (unpaired) electrons. The highest BCUT2D eigenvalue weighted by molar-refractivity contribution is 8.13. The van der Waals surface area contributed by atoms with E-state index < -0.39 is 29.1 Å². The van der Waals surface area contributed by atoms with Crippen LogP contribution in [0.25, 0.3) is 0 Å². The predicted molar refractivity (Wildman–Crippen MR) is 85.8 cm³/mol. The highest BCUT2D eigenvalue weighted by Crippen LogP contribution is 2.37. The van der Waals surface area contributed by atoms with E-state index in [1.165, 1.54) is 24.3 Å². The summed E-state index contributed by atoms with van der Waals surface area (Å²) in [5.41, 5.74) is 0.764. The highest BCUT2D eigenvalue weighted by Gasteiger charge is 2.34. The van der Waals surface area contributed by atoms with Crippen LogP contribution >= 0.6 is 11.8 Å². The number of benzene rings is 2. The minimum absolute atomic E-state index is 0.0397. The third kappa shape index (κ3) is 5.01. The van der Waals surface area contributed by atoms with Crippen molar-refractivity contribution in [1.82, 2.24) is 0 Å². The maximum atomic E-state index is 12.4. The van der Waals surface area contributed by atoms with Crippen molar-refractivity contribution in [2.24, 2.45) is 0 Å². The quantitative estimate of drug-likeness (QED) is 0.849. The summed E-state index contributed by atoms with van der Waals surface area (Å²) in [4.78, 5) is 12.3. The van der Waals surface area contributed by atoms with E-state index in [0.29, 0.717) is 11.1 Å². The standard InChI is InChI=1S/C17H15F3O3S/c18-17(19,20)10-24-16(23)14(11-6-8-13(21)9-7-11)15(22)12-4-2-1-3-5-12/h1-9,14-15,21-22H,10H2/t14-,15+/m1/s1. The number of aliphatic hydroxyl groups is 1. The predicted octanol–water partition coefficient (Wildman–Crippen LogP) is 4.03. The fourth-order valence-electron chi connectivity index (χ4n) is 2.21. The lowest BCUT2D eigenvalue weighted by Crippen LogP contribution is -2.21. The first-order valence-electron chi connectivity index (χ1n) is 7.03. The van der Waals surface area contributed by atoms with Gasteiger partial charge in [0, 0.05) is 0 Å². The van der Waals surface area contributed by atoms with Gasteiger partial charge in [0.15, 0.2) is 5.12 Å². The molecule has 0 fully saturated rings. The maximum Gasteiger partial charge on any atom is 0.398 e. The van der Waals surface area contributed by atoms with Crippen LogP contribution in [0.5, 0.6) is 5.75 Å². The average Bonchev–Trinajstić information content (AvgIpc) is 2.55. The number of thioether (sulfide) groups is 1. The Kier molecular flexibility index (Phi) is 5.90. The molecule has 2 rings (SSSR count). The normalized spacial score (nSPS) is 14.2. The first kappa shape index (κ1) is 18.4. The number of aromatic hydroxyl groups is 1. The van der Waals surface area contributed by atoms with Gasteiger partial charge in [0.05, 0.1) is 17.8 Å². The number of halogens is 3. The Bertz CT molecular complexity index is 672. The Morgan fingerprint density at radius 1 is 1.00 bits per heavy atom. The molecule has 0 bridgehead atoms. The van der Waals surface area contributed by atoms with Crippen molar-refractivity contribution < 1.29 is 28.2 Å². The van der Waals surface area contributed by atoms with E-state index in [4.69, 9.17) is 0 Å². The molecule has 0 spiro atoms. The van der Waals surface area contributed by atoms with Crippen molar-refractivity contribution in [3.05, 3.63) is 65.7 Å². The molecule has 0 aliphatic heterocycles. The van der Waals surface area contributed by atoms with Gasteiger partial charge in [-0.2, -0.15) is 13.2 Å². The molecule has 24 heavy (non-hydrogen) atoms. The highest BCUT2D eigenvalue weighted by atomic mass is 32.2. The summed E-state index contributed by atoms with van der Waals surface area (Å²) in [6.45, 7) is 0. The zero-order valence-electron chi connectivity index (χ0n) is 12.4. The van der Waals surface area contributed by atoms with Gasteiger partial charge in [-0.1, -0.05) is 54.2 Å². The molecular formula is C17H15F3O3S. The van der Waals surface area contributed by atoms with Gasteiger partial charge in [-0.05, 0) is 23.3 Å². The SMILES string of the molecule is O=C(SCC(F)(F)F)[C@H](c1ccc(O)cc1)[C@@H](O)c1ccccc1. The smallest absolute Gasteiger partial charge is 0.398 e. The summed E-state index contributed by atoms with van der Waals surface area (Å²) < 4.78 is 37.2. The van der Waals surface area contributed by atoms with Gasteiger partial charge < -0.3 is 10.2 Å². The molecule has 0 aliphatic rings. The fourth-order valence-corrected chi connectivity index (χ4v) is 2.96. The fraction of sp³-hybridized carbons (Fsp3) is 0.235. The van der Waals surface area contributed by atoms with E-state index in [1.54, 1.807) is 30.3 Å². The number of hydrogen-bond acceptors (Lipinski definition) is 4. The van der Waals surface area contributed by atoms with Gasteiger partial charge in [-0.3, -0.25) is 4.79 Å². The molecule has 2 atom stereocenters. The van der Waals surface area contributed by atoms with E-state index in [-0.39, 0.29) is 17.5 Å². The van der Waals surface area contributed by atoms with Gasteiger partial charge >= 0.3 is 6.18 Å². The lowest BCUT2D eigenvalue weighted by atomic mass is 9.90. The number of hydrogen-bond donors (Lipinski definition) is 2. The van der Waals surface area contributed by atoms with E-state index in [9.17, 15) is 28.2 Å². The third-order valence-electron chi connectivity index (χ3n) is 3.34. The second kappa shape index (κ2) is 7.72. The minimum atomic E-state index is -4.47. The first-order valence-corrected chi connectivity index (χ1v) is 8.02. The Balaban J connectivity index is 2.30. The summed E-state index contributed by atoms with van der Waals surface area (Å²) in [5, 5.41) is 19.1. The molecule has 0 aromatic heterocycles. The second-order valence-electron chi connectivity index (χ2n) is 5.15. The van der Waals surface area contributed by atoms with Crippen molar-refractivity contribution >= 4 is 16.9 Å². The minimum Gasteiger partial charge on any atom is -0.508 e.